The first-order valence-corrected chi connectivity index (χ1v) is 8.81. The lowest BCUT2D eigenvalue weighted by molar-refractivity contribution is 0.102. The molecule has 0 radical (unpaired) electrons. The van der Waals surface area contributed by atoms with E-state index in [1.165, 1.54) is 11.3 Å². The second kappa shape index (κ2) is 6.56. The Balaban J connectivity index is 1.61. The number of thiazole rings is 1. The molecule has 1 amide bonds. The Bertz CT molecular complexity index is 893. The van der Waals surface area contributed by atoms with Crippen LogP contribution in [0.25, 0.3) is 0 Å². The van der Waals surface area contributed by atoms with Crippen LogP contribution >= 0.6 is 11.3 Å². The van der Waals surface area contributed by atoms with E-state index >= 15 is 0 Å². The first-order chi connectivity index (χ1) is 12.2. The summed E-state index contributed by atoms with van der Waals surface area (Å²) in [4.78, 5) is 24.2. The molecule has 0 aliphatic carbocycles. The monoisotopic (exact) mass is 352 g/mol. The molecule has 0 saturated heterocycles. The van der Waals surface area contributed by atoms with Crippen molar-refractivity contribution in [1.82, 2.24) is 20.2 Å². The number of aromatic nitrogens is 4. The van der Waals surface area contributed by atoms with E-state index in [1.54, 1.807) is 24.5 Å². The number of nitrogens with one attached hydrogen (secondary N) is 1. The Labute approximate surface area is 148 Å². The predicted molar refractivity (Wildman–Crippen MR) is 96.4 cm³/mol. The number of hydrogen-bond donors (Lipinski definition) is 1. The predicted octanol–water partition coefficient (Wildman–Crippen LogP) is 2.97. The van der Waals surface area contributed by atoms with Crippen LogP contribution < -0.4 is 10.2 Å². The molecule has 25 heavy (non-hydrogen) atoms. The third-order valence-corrected chi connectivity index (χ3v) is 5.00. The van der Waals surface area contributed by atoms with Gasteiger partial charge in [0.2, 0.25) is 0 Å². The summed E-state index contributed by atoms with van der Waals surface area (Å²) in [7, 11) is 0. The minimum Gasteiger partial charge on any atom is -0.319 e. The second-order valence-corrected chi connectivity index (χ2v) is 6.83. The van der Waals surface area contributed by atoms with Crippen LogP contribution in [-0.2, 0) is 6.42 Å². The molecule has 0 aromatic carbocycles. The summed E-state index contributed by atoms with van der Waals surface area (Å²) in [5.74, 6) is 1.35. The fourth-order valence-corrected chi connectivity index (χ4v) is 3.70. The minimum absolute atomic E-state index is 0.220. The molecule has 1 aliphatic heterocycles. The molecule has 0 unspecified atom stereocenters. The topological polar surface area (TPSA) is 83.9 Å². The number of amides is 1. The number of aryl methyl sites for hydroxylation is 2. The molecule has 0 fully saturated rings. The minimum atomic E-state index is -0.220. The largest absolute Gasteiger partial charge is 0.319 e. The van der Waals surface area contributed by atoms with Crippen molar-refractivity contribution in [2.45, 2.75) is 19.8 Å². The van der Waals surface area contributed by atoms with E-state index in [-0.39, 0.29) is 5.91 Å². The van der Waals surface area contributed by atoms with Crippen LogP contribution in [0.4, 0.5) is 17.3 Å². The van der Waals surface area contributed by atoms with Crippen molar-refractivity contribution in [3.05, 3.63) is 52.2 Å². The highest BCUT2D eigenvalue weighted by Gasteiger charge is 2.26. The molecule has 3 aromatic rings. The number of pyridine rings is 1. The first-order valence-electron chi connectivity index (χ1n) is 7.99. The van der Waals surface area contributed by atoms with Gasteiger partial charge in [-0.2, -0.15) is 5.10 Å². The Morgan fingerprint density at radius 1 is 1.28 bits per heavy atom. The highest BCUT2D eigenvalue weighted by molar-refractivity contribution is 7.14. The Morgan fingerprint density at radius 3 is 2.96 bits per heavy atom. The molecule has 0 spiro atoms. The average Bonchev–Trinajstić information content (AvgIpc) is 3.08. The van der Waals surface area contributed by atoms with Gasteiger partial charge < -0.3 is 10.2 Å². The number of fused-ring (bicyclic) bond motifs is 1. The Hall–Kier alpha value is -2.87. The molecule has 4 rings (SSSR count). The third-order valence-electron chi connectivity index (χ3n) is 3.89. The van der Waals surface area contributed by atoms with Crippen LogP contribution in [0.5, 0.6) is 0 Å². The van der Waals surface area contributed by atoms with Crippen molar-refractivity contribution in [2.24, 2.45) is 0 Å². The third kappa shape index (κ3) is 3.20. The summed E-state index contributed by atoms with van der Waals surface area (Å²) in [6.07, 6.45) is 5.19. The molecular formula is C17H16N6OS. The van der Waals surface area contributed by atoms with Gasteiger partial charge in [-0.05, 0) is 44.0 Å². The molecule has 126 valence electrons. The zero-order chi connectivity index (χ0) is 17.2. The SMILES string of the molecule is Cc1ccc(N2CCCc3sc(C(=O)Nc4cccnc4)nc32)nn1. The normalized spacial score (nSPS) is 13.4. The van der Waals surface area contributed by atoms with E-state index in [9.17, 15) is 4.79 Å². The van der Waals surface area contributed by atoms with Gasteiger partial charge in [-0.1, -0.05) is 0 Å². The number of rotatable bonds is 3. The van der Waals surface area contributed by atoms with Gasteiger partial charge in [0.1, 0.15) is 5.82 Å². The maximum Gasteiger partial charge on any atom is 0.284 e. The fourth-order valence-electron chi connectivity index (χ4n) is 2.70. The van der Waals surface area contributed by atoms with Crippen molar-refractivity contribution >= 4 is 34.6 Å². The van der Waals surface area contributed by atoms with Gasteiger partial charge in [-0.15, -0.1) is 16.4 Å². The quantitative estimate of drug-likeness (QED) is 0.780. The summed E-state index contributed by atoms with van der Waals surface area (Å²) in [6, 6.07) is 7.44. The van der Waals surface area contributed by atoms with Crippen LogP contribution in [0.3, 0.4) is 0 Å². The lowest BCUT2D eigenvalue weighted by Gasteiger charge is -2.25. The summed E-state index contributed by atoms with van der Waals surface area (Å²) in [5.41, 5.74) is 1.53. The molecule has 1 aliphatic rings. The van der Waals surface area contributed by atoms with Crippen molar-refractivity contribution in [2.75, 3.05) is 16.8 Å². The van der Waals surface area contributed by atoms with Crippen LogP contribution in [0.1, 0.15) is 26.8 Å². The van der Waals surface area contributed by atoms with E-state index in [0.29, 0.717) is 10.7 Å². The molecule has 3 aromatic heterocycles. The molecule has 8 heteroatoms. The summed E-state index contributed by atoms with van der Waals surface area (Å²) in [5, 5.41) is 11.7. The second-order valence-electron chi connectivity index (χ2n) is 5.75. The zero-order valence-corrected chi connectivity index (χ0v) is 14.5. The number of anilines is 3. The van der Waals surface area contributed by atoms with Crippen molar-refractivity contribution in [3.63, 3.8) is 0 Å². The zero-order valence-electron chi connectivity index (χ0n) is 13.6. The molecule has 0 atom stereocenters. The van der Waals surface area contributed by atoms with Crippen LogP contribution in [0.15, 0.2) is 36.7 Å². The number of hydrogen-bond acceptors (Lipinski definition) is 7. The highest BCUT2D eigenvalue weighted by Crippen LogP contribution is 2.35. The molecule has 0 saturated carbocycles. The molecule has 7 nitrogen and oxygen atoms in total. The average molecular weight is 352 g/mol. The van der Waals surface area contributed by atoms with E-state index in [1.807, 2.05) is 24.0 Å². The Kier molecular flexibility index (Phi) is 4.10. The fraction of sp³-hybridized carbons (Fsp3) is 0.235. The van der Waals surface area contributed by atoms with Gasteiger partial charge in [0, 0.05) is 17.6 Å². The van der Waals surface area contributed by atoms with E-state index in [2.05, 4.69) is 25.5 Å². The maximum absolute atomic E-state index is 12.5. The van der Waals surface area contributed by atoms with Crippen molar-refractivity contribution in [1.29, 1.82) is 0 Å². The van der Waals surface area contributed by atoms with Gasteiger partial charge in [0.15, 0.2) is 10.8 Å². The number of nitrogens with zero attached hydrogens (tertiary/aromatic N) is 5. The van der Waals surface area contributed by atoms with Crippen LogP contribution in [-0.4, -0.2) is 32.6 Å². The number of carbonyl (C=O) groups excluding carboxylic acids is 1. The van der Waals surface area contributed by atoms with Gasteiger partial charge >= 0.3 is 0 Å². The van der Waals surface area contributed by atoms with Crippen LogP contribution in [0.2, 0.25) is 0 Å². The Morgan fingerprint density at radius 2 is 2.20 bits per heavy atom. The summed E-state index contributed by atoms with van der Waals surface area (Å²) < 4.78 is 0. The molecule has 0 bridgehead atoms. The van der Waals surface area contributed by atoms with Gasteiger partial charge in [-0.25, -0.2) is 4.98 Å². The van der Waals surface area contributed by atoms with Gasteiger partial charge in [0.05, 0.1) is 17.6 Å². The summed E-state index contributed by atoms with van der Waals surface area (Å²) in [6.45, 7) is 2.72. The van der Waals surface area contributed by atoms with E-state index in [4.69, 9.17) is 0 Å². The molecular weight excluding hydrogens is 336 g/mol. The highest BCUT2D eigenvalue weighted by atomic mass is 32.1. The molecule has 1 N–H and O–H groups in total. The van der Waals surface area contributed by atoms with Crippen molar-refractivity contribution in [3.8, 4) is 0 Å². The van der Waals surface area contributed by atoms with Crippen LogP contribution in [0, 0.1) is 6.92 Å². The van der Waals surface area contributed by atoms with Gasteiger partial charge in [-0.3, -0.25) is 9.78 Å². The number of carbonyl (C=O) groups is 1. The van der Waals surface area contributed by atoms with E-state index < -0.39 is 0 Å². The standard InChI is InChI=1S/C17H16N6OS/c1-11-6-7-14(22-21-11)23-9-3-5-13-15(23)20-17(25-13)16(24)19-12-4-2-8-18-10-12/h2,4,6-8,10H,3,5,9H2,1H3,(H,19,24). The summed E-state index contributed by atoms with van der Waals surface area (Å²) >= 11 is 1.43. The maximum atomic E-state index is 12.5. The first kappa shape index (κ1) is 15.6. The smallest absolute Gasteiger partial charge is 0.284 e. The lowest BCUT2D eigenvalue weighted by Crippen LogP contribution is -2.25. The molecule has 4 heterocycles. The van der Waals surface area contributed by atoms with Gasteiger partial charge in [0.25, 0.3) is 5.91 Å². The van der Waals surface area contributed by atoms with Crippen molar-refractivity contribution < 1.29 is 4.79 Å². The van der Waals surface area contributed by atoms with E-state index in [0.717, 1.165) is 41.6 Å². The lowest BCUT2D eigenvalue weighted by atomic mass is 10.2.